The van der Waals surface area contributed by atoms with Crippen molar-refractivity contribution in [1.82, 2.24) is 15.3 Å². The largest absolute Gasteiger partial charge is 0.332 e. The lowest BCUT2D eigenvalue weighted by Crippen LogP contribution is -2.64. The third-order valence-electron chi connectivity index (χ3n) is 2.69. The number of halogens is 1. The highest BCUT2D eigenvalue weighted by atomic mass is 127. The lowest BCUT2D eigenvalue weighted by molar-refractivity contribution is -0.135. The molecule has 1 aromatic rings. The summed E-state index contributed by atoms with van der Waals surface area (Å²) in [7, 11) is 0. The van der Waals surface area contributed by atoms with Crippen LogP contribution in [-0.4, -0.2) is 33.9 Å². The molecule has 7 heteroatoms. The summed E-state index contributed by atoms with van der Waals surface area (Å²) in [6.45, 7) is 3.63. The van der Waals surface area contributed by atoms with Gasteiger partial charge in [-0.05, 0) is 36.4 Å². The molecule has 0 unspecified atom stereocenters. The molecule has 17 heavy (non-hydrogen) atoms. The second-order valence-electron chi connectivity index (χ2n) is 4.22. The number of anilines is 1. The molecule has 1 fully saturated rings. The molecule has 2 rings (SSSR count). The maximum atomic E-state index is 11.8. The minimum absolute atomic E-state index is 0.117. The average Bonchev–Trinajstić information content (AvgIpc) is 2.25. The Hall–Kier alpha value is -1.25. The van der Waals surface area contributed by atoms with Gasteiger partial charge in [-0.15, -0.1) is 0 Å². The van der Waals surface area contributed by atoms with E-state index in [0.29, 0.717) is 5.82 Å². The van der Waals surface area contributed by atoms with Gasteiger partial charge >= 0.3 is 0 Å². The fourth-order valence-corrected chi connectivity index (χ4v) is 2.22. The molecule has 0 saturated carbocycles. The fraction of sp³-hybridized carbons (Fsp3) is 0.400. The highest BCUT2D eigenvalue weighted by Crippen LogP contribution is 2.27. The number of amides is 2. The van der Waals surface area contributed by atoms with Gasteiger partial charge in [-0.3, -0.25) is 14.9 Å². The minimum Gasteiger partial charge on any atom is -0.332 e. The van der Waals surface area contributed by atoms with Crippen LogP contribution < -0.4 is 10.2 Å². The van der Waals surface area contributed by atoms with Gasteiger partial charge in [0.1, 0.15) is 17.7 Å². The predicted octanol–water partition coefficient (Wildman–Crippen LogP) is 0.323. The van der Waals surface area contributed by atoms with Gasteiger partial charge in [0.25, 0.3) is 5.91 Å². The SMILES string of the molecule is CC1(C)C(=O)NC(=O)CN1c1ncncc1I. The third kappa shape index (κ3) is 2.11. The van der Waals surface area contributed by atoms with Gasteiger partial charge in [0, 0.05) is 6.20 Å². The second-order valence-corrected chi connectivity index (χ2v) is 5.38. The van der Waals surface area contributed by atoms with Crippen LogP contribution in [0.4, 0.5) is 5.82 Å². The molecule has 0 spiro atoms. The molecule has 0 radical (unpaired) electrons. The predicted molar refractivity (Wildman–Crippen MR) is 69.3 cm³/mol. The van der Waals surface area contributed by atoms with E-state index in [1.807, 2.05) is 0 Å². The molecular formula is C10H11IN4O2. The van der Waals surface area contributed by atoms with Crippen molar-refractivity contribution in [2.45, 2.75) is 19.4 Å². The second kappa shape index (κ2) is 4.21. The monoisotopic (exact) mass is 346 g/mol. The molecule has 1 aromatic heterocycles. The van der Waals surface area contributed by atoms with Gasteiger partial charge in [-0.2, -0.15) is 0 Å². The van der Waals surface area contributed by atoms with Crippen molar-refractivity contribution in [3.63, 3.8) is 0 Å². The summed E-state index contributed by atoms with van der Waals surface area (Å²) >= 11 is 2.08. The zero-order valence-electron chi connectivity index (χ0n) is 9.40. The van der Waals surface area contributed by atoms with E-state index in [2.05, 4.69) is 37.9 Å². The molecule has 0 bridgehead atoms. The molecule has 1 aliphatic rings. The lowest BCUT2D eigenvalue weighted by Gasteiger charge is -2.41. The molecule has 0 aromatic carbocycles. The Balaban J connectivity index is 2.46. The van der Waals surface area contributed by atoms with E-state index in [0.717, 1.165) is 3.57 Å². The Kier molecular flexibility index (Phi) is 3.02. The molecule has 1 N–H and O–H groups in total. The Bertz CT molecular complexity index is 489. The lowest BCUT2D eigenvalue weighted by atomic mass is 9.99. The number of nitrogens with zero attached hydrogens (tertiary/aromatic N) is 3. The standard InChI is InChI=1S/C10H11IN4O2/c1-10(2)9(17)14-7(16)4-15(10)8-6(11)3-12-5-13-8/h3,5H,4H2,1-2H3,(H,14,16,17). The van der Waals surface area contributed by atoms with Gasteiger partial charge in [0.2, 0.25) is 5.91 Å². The Morgan fingerprint density at radius 1 is 1.47 bits per heavy atom. The van der Waals surface area contributed by atoms with Gasteiger partial charge in [0.05, 0.1) is 10.1 Å². The highest BCUT2D eigenvalue weighted by molar-refractivity contribution is 14.1. The van der Waals surface area contributed by atoms with E-state index in [9.17, 15) is 9.59 Å². The third-order valence-corrected chi connectivity index (χ3v) is 3.45. The molecule has 2 heterocycles. The number of imide groups is 1. The van der Waals surface area contributed by atoms with E-state index in [1.54, 1.807) is 24.9 Å². The Morgan fingerprint density at radius 2 is 2.18 bits per heavy atom. The van der Waals surface area contributed by atoms with Crippen LogP contribution in [0.5, 0.6) is 0 Å². The number of hydrogen-bond donors (Lipinski definition) is 1. The number of carbonyl (C=O) groups excluding carboxylic acids is 2. The van der Waals surface area contributed by atoms with Crippen molar-refractivity contribution < 1.29 is 9.59 Å². The summed E-state index contributed by atoms with van der Waals surface area (Å²) in [5, 5.41) is 2.32. The van der Waals surface area contributed by atoms with E-state index in [4.69, 9.17) is 0 Å². The molecule has 6 nitrogen and oxygen atoms in total. The van der Waals surface area contributed by atoms with Gasteiger partial charge in [-0.25, -0.2) is 9.97 Å². The smallest absolute Gasteiger partial charge is 0.251 e. The first kappa shape index (κ1) is 12.2. The zero-order chi connectivity index (χ0) is 12.6. The van der Waals surface area contributed by atoms with E-state index >= 15 is 0 Å². The molecule has 1 saturated heterocycles. The van der Waals surface area contributed by atoms with Crippen LogP contribution in [-0.2, 0) is 9.59 Å². The summed E-state index contributed by atoms with van der Waals surface area (Å²) in [6, 6.07) is 0. The Labute approximate surface area is 112 Å². The van der Waals surface area contributed by atoms with E-state index in [-0.39, 0.29) is 18.4 Å². The van der Waals surface area contributed by atoms with E-state index in [1.165, 1.54) is 6.33 Å². The van der Waals surface area contributed by atoms with Crippen molar-refractivity contribution in [3.05, 3.63) is 16.1 Å². The molecule has 90 valence electrons. The number of nitrogens with one attached hydrogen (secondary N) is 1. The number of carbonyl (C=O) groups is 2. The normalized spacial score (nSPS) is 19.1. The molecular weight excluding hydrogens is 335 g/mol. The average molecular weight is 346 g/mol. The minimum atomic E-state index is -0.803. The fourth-order valence-electron chi connectivity index (χ4n) is 1.63. The van der Waals surface area contributed by atoms with Crippen molar-refractivity contribution in [3.8, 4) is 0 Å². The first-order valence-corrected chi connectivity index (χ1v) is 6.08. The number of hydrogen-bond acceptors (Lipinski definition) is 5. The summed E-state index contributed by atoms with van der Waals surface area (Å²) in [5.41, 5.74) is -0.803. The van der Waals surface area contributed by atoms with Crippen molar-refractivity contribution >= 4 is 40.2 Å². The molecule has 0 atom stereocenters. The molecule has 0 aliphatic carbocycles. The molecule has 2 amide bonds. The van der Waals surface area contributed by atoms with E-state index < -0.39 is 5.54 Å². The van der Waals surface area contributed by atoms with Crippen molar-refractivity contribution in [1.29, 1.82) is 0 Å². The number of aromatic nitrogens is 2. The van der Waals surface area contributed by atoms with Gasteiger partial charge in [0.15, 0.2) is 0 Å². The van der Waals surface area contributed by atoms with Crippen LogP contribution in [0.3, 0.4) is 0 Å². The van der Waals surface area contributed by atoms with Crippen LogP contribution in [0.15, 0.2) is 12.5 Å². The van der Waals surface area contributed by atoms with Crippen LogP contribution in [0.2, 0.25) is 0 Å². The zero-order valence-corrected chi connectivity index (χ0v) is 11.6. The first-order chi connectivity index (χ1) is 7.93. The highest BCUT2D eigenvalue weighted by Gasteiger charge is 2.42. The van der Waals surface area contributed by atoms with Crippen molar-refractivity contribution in [2.75, 3.05) is 11.4 Å². The summed E-state index contributed by atoms with van der Waals surface area (Å²) < 4.78 is 0.806. The quantitative estimate of drug-likeness (QED) is 0.586. The maximum Gasteiger partial charge on any atom is 0.251 e. The topological polar surface area (TPSA) is 75.2 Å². The van der Waals surface area contributed by atoms with Crippen LogP contribution in [0, 0.1) is 3.57 Å². The van der Waals surface area contributed by atoms with Crippen LogP contribution in [0.25, 0.3) is 0 Å². The van der Waals surface area contributed by atoms with Gasteiger partial charge in [-0.1, -0.05) is 0 Å². The summed E-state index contributed by atoms with van der Waals surface area (Å²) in [4.78, 5) is 33.0. The number of piperazine rings is 1. The van der Waals surface area contributed by atoms with Gasteiger partial charge < -0.3 is 4.90 Å². The Morgan fingerprint density at radius 3 is 2.82 bits per heavy atom. The maximum absolute atomic E-state index is 11.8. The summed E-state index contributed by atoms with van der Waals surface area (Å²) in [5.74, 6) is -0.0271. The van der Waals surface area contributed by atoms with Crippen molar-refractivity contribution in [2.24, 2.45) is 0 Å². The van der Waals surface area contributed by atoms with Crippen LogP contribution >= 0.6 is 22.6 Å². The number of rotatable bonds is 1. The first-order valence-electron chi connectivity index (χ1n) is 5.00. The van der Waals surface area contributed by atoms with Crippen LogP contribution in [0.1, 0.15) is 13.8 Å². The summed E-state index contributed by atoms with van der Waals surface area (Å²) in [6.07, 6.45) is 3.06. The molecule has 1 aliphatic heterocycles.